The normalized spacial score (nSPS) is 10.7. The van der Waals surface area contributed by atoms with Gasteiger partial charge >= 0.3 is 5.97 Å². The number of amides is 1. The molecule has 3 heterocycles. The van der Waals surface area contributed by atoms with Gasteiger partial charge in [-0.1, -0.05) is 0 Å². The number of anilines is 1. The van der Waals surface area contributed by atoms with E-state index in [0.717, 1.165) is 5.39 Å². The summed E-state index contributed by atoms with van der Waals surface area (Å²) in [5.41, 5.74) is 2.02. The number of aliphatic carboxylic acids is 1. The molecule has 8 nitrogen and oxygen atoms in total. The van der Waals surface area contributed by atoms with Crippen molar-refractivity contribution < 1.29 is 19.0 Å². The SMILES string of the molecule is O=C(O)CCC(=O)Nc1nc(-c2ncnc3[nH]ccc23)cs1.[HH].[HH].[HH]. The summed E-state index contributed by atoms with van der Waals surface area (Å²) in [6.07, 6.45) is 2.92. The van der Waals surface area contributed by atoms with Gasteiger partial charge in [0.05, 0.1) is 6.42 Å². The second-order valence-electron chi connectivity index (χ2n) is 4.44. The molecule has 3 aromatic rings. The summed E-state index contributed by atoms with van der Waals surface area (Å²) >= 11 is 1.26. The van der Waals surface area contributed by atoms with E-state index < -0.39 is 5.97 Å². The Labute approximate surface area is 132 Å². The van der Waals surface area contributed by atoms with Crippen LogP contribution < -0.4 is 5.32 Å². The Balaban J connectivity index is 0.00000192. The zero-order chi connectivity index (χ0) is 15.5. The summed E-state index contributed by atoms with van der Waals surface area (Å²) in [6, 6.07) is 1.86. The van der Waals surface area contributed by atoms with Crippen LogP contribution in [0, 0.1) is 0 Å². The third kappa shape index (κ3) is 2.93. The van der Waals surface area contributed by atoms with Crippen molar-refractivity contribution in [2.24, 2.45) is 0 Å². The molecule has 0 aliphatic rings. The molecule has 3 N–H and O–H groups in total. The topological polar surface area (TPSA) is 121 Å². The molecule has 0 aliphatic carbocycles. The van der Waals surface area contributed by atoms with Gasteiger partial charge in [0.25, 0.3) is 0 Å². The average molecular weight is 323 g/mol. The zero-order valence-electron chi connectivity index (χ0n) is 11.2. The number of aromatic amines is 1. The Morgan fingerprint density at radius 1 is 1.36 bits per heavy atom. The van der Waals surface area contributed by atoms with Crippen LogP contribution in [0.3, 0.4) is 0 Å². The molecular formula is C13H17N5O3S. The van der Waals surface area contributed by atoms with Gasteiger partial charge < -0.3 is 15.4 Å². The number of carbonyl (C=O) groups is 2. The first-order valence-electron chi connectivity index (χ1n) is 6.39. The number of aromatic nitrogens is 4. The summed E-state index contributed by atoms with van der Waals surface area (Å²) in [4.78, 5) is 37.7. The van der Waals surface area contributed by atoms with Gasteiger partial charge in [0, 0.05) is 27.7 Å². The number of nitrogens with zero attached hydrogens (tertiary/aromatic N) is 3. The number of H-pyrrole nitrogens is 1. The first kappa shape index (κ1) is 14.1. The van der Waals surface area contributed by atoms with E-state index >= 15 is 0 Å². The Morgan fingerprint density at radius 3 is 3.05 bits per heavy atom. The van der Waals surface area contributed by atoms with Crippen LogP contribution in [-0.2, 0) is 9.59 Å². The molecule has 1 amide bonds. The van der Waals surface area contributed by atoms with Gasteiger partial charge in [-0.3, -0.25) is 9.59 Å². The molecular weight excluding hydrogens is 306 g/mol. The van der Waals surface area contributed by atoms with Crippen LogP contribution in [0.15, 0.2) is 24.0 Å². The number of thiazole rings is 1. The van der Waals surface area contributed by atoms with E-state index in [1.807, 2.05) is 6.07 Å². The van der Waals surface area contributed by atoms with Crippen molar-refractivity contribution in [3.63, 3.8) is 0 Å². The van der Waals surface area contributed by atoms with Crippen molar-refractivity contribution >= 4 is 39.4 Å². The van der Waals surface area contributed by atoms with Crippen molar-refractivity contribution in [1.29, 1.82) is 0 Å². The Bertz CT molecular complexity index is 854. The highest BCUT2D eigenvalue weighted by molar-refractivity contribution is 7.14. The molecule has 9 heteroatoms. The Morgan fingerprint density at radius 2 is 2.23 bits per heavy atom. The zero-order valence-corrected chi connectivity index (χ0v) is 12.1. The van der Waals surface area contributed by atoms with Crippen molar-refractivity contribution in [2.75, 3.05) is 5.32 Å². The van der Waals surface area contributed by atoms with E-state index in [1.54, 1.807) is 11.6 Å². The summed E-state index contributed by atoms with van der Waals surface area (Å²) < 4.78 is 0. The quantitative estimate of drug-likeness (QED) is 0.663. The van der Waals surface area contributed by atoms with E-state index in [1.165, 1.54) is 17.7 Å². The predicted octanol–water partition coefficient (Wildman–Crippen LogP) is 2.62. The number of carbonyl (C=O) groups excluding carboxylic acids is 1. The number of carboxylic acids is 1. The highest BCUT2D eigenvalue weighted by atomic mass is 32.1. The van der Waals surface area contributed by atoms with Gasteiger partial charge in [-0.25, -0.2) is 15.0 Å². The molecule has 0 unspecified atom stereocenters. The van der Waals surface area contributed by atoms with E-state index in [9.17, 15) is 9.59 Å². The van der Waals surface area contributed by atoms with Crippen LogP contribution in [0.4, 0.5) is 5.13 Å². The van der Waals surface area contributed by atoms with Crippen molar-refractivity contribution in [3.8, 4) is 11.4 Å². The molecule has 3 rings (SSSR count). The van der Waals surface area contributed by atoms with Crippen LogP contribution in [0.25, 0.3) is 22.4 Å². The maximum absolute atomic E-state index is 11.6. The first-order valence-corrected chi connectivity index (χ1v) is 7.27. The van der Waals surface area contributed by atoms with E-state index in [4.69, 9.17) is 5.11 Å². The average Bonchev–Trinajstić information content (AvgIpc) is 3.13. The van der Waals surface area contributed by atoms with Gasteiger partial charge in [-0.15, -0.1) is 11.3 Å². The highest BCUT2D eigenvalue weighted by Gasteiger charge is 2.13. The summed E-state index contributed by atoms with van der Waals surface area (Å²) in [6.45, 7) is 0. The minimum atomic E-state index is -1.01. The lowest BCUT2D eigenvalue weighted by atomic mass is 10.2. The Kier molecular flexibility index (Phi) is 3.79. The fraction of sp³-hybridized carbons (Fsp3) is 0.154. The van der Waals surface area contributed by atoms with Gasteiger partial charge in [0.2, 0.25) is 5.91 Å². The molecule has 118 valence electrons. The molecule has 0 aromatic carbocycles. The molecule has 3 aromatic heterocycles. The number of nitrogens with one attached hydrogen (secondary N) is 2. The number of hydrogen-bond acceptors (Lipinski definition) is 6. The minimum absolute atomic E-state index is 0. The lowest BCUT2D eigenvalue weighted by Gasteiger charge is -1.99. The smallest absolute Gasteiger partial charge is 0.303 e. The van der Waals surface area contributed by atoms with Crippen molar-refractivity contribution in [3.05, 3.63) is 24.0 Å². The molecule has 0 atom stereocenters. The molecule has 0 fully saturated rings. The molecule has 0 bridgehead atoms. The molecule has 0 aliphatic heterocycles. The first-order chi connectivity index (χ1) is 10.6. The fourth-order valence-electron chi connectivity index (χ4n) is 1.92. The molecule has 0 spiro atoms. The highest BCUT2D eigenvalue weighted by Crippen LogP contribution is 2.28. The summed E-state index contributed by atoms with van der Waals surface area (Å²) in [5.74, 6) is -1.39. The minimum Gasteiger partial charge on any atom is -0.481 e. The number of fused-ring (bicyclic) bond motifs is 1. The van der Waals surface area contributed by atoms with Gasteiger partial charge in [0.15, 0.2) is 5.13 Å². The molecule has 0 saturated carbocycles. The lowest BCUT2D eigenvalue weighted by molar-refractivity contribution is -0.138. The predicted molar refractivity (Wildman–Crippen MR) is 86.8 cm³/mol. The van der Waals surface area contributed by atoms with Crippen molar-refractivity contribution in [1.82, 2.24) is 19.9 Å². The van der Waals surface area contributed by atoms with Crippen LogP contribution >= 0.6 is 11.3 Å². The number of hydrogen-bond donors (Lipinski definition) is 3. The van der Waals surface area contributed by atoms with Gasteiger partial charge in [-0.2, -0.15) is 0 Å². The monoisotopic (exact) mass is 323 g/mol. The number of carboxylic acid groups (broad SMARTS) is 1. The second-order valence-corrected chi connectivity index (χ2v) is 5.30. The van der Waals surface area contributed by atoms with Crippen LogP contribution in [0.1, 0.15) is 17.1 Å². The molecule has 0 saturated heterocycles. The molecule has 0 radical (unpaired) electrons. The third-order valence-electron chi connectivity index (χ3n) is 2.91. The largest absolute Gasteiger partial charge is 0.481 e. The standard InChI is InChI=1S/C13H11N5O3S.3H2/c19-9(1-2-10(20)21)18-13-17-8(5-22-13)11-7-3-4-14-12(7)16-6-15-11;;;/h3-6H,1-2H2,(H,20,21)(H,14,15,16)(H,17,18,19);3*1H. The van der Waals surface area contributed by atoms with Gasteiger partial charge in [-0.05, 0) is 6.07 Å². The van der Waals surface area contributed by atoms with Crippen molar-refractivity contribution in [2.45, 2.75) is 12.8 Å². The Hall–Kier alpha value is -2.81. The van der Waals surface area contributed by atoms with E-state index in [2.05, 4.69) is 25.3 Å². The molecule has 22 heavy (non-hydrogen) atoms. The van der Waals surface area contributed by atoms with Crippen LogP contribution in [0.2, 0.25) is 0 Å². The van der Waals surface area contributed by atoms with Crippen LogP contribution in [-0.4, -0.2) is 36.9 Å². The maximum atomic E-state index is 11.6. The summed E-state index contributed by atoms with van der Waals surface area (Å²) in [5, 5.41) is 14.2. The lowest BCUT2D eigenvalue weighted by Crippen LogP contribution is -2.12. The fourth-order valence-corrected chi connectivity index (χ4v) is 2.63. The number of rotatable bonds is 5. The van der Waals surface area contributed by atoms with Crippen LogP contribution in [0.5, 0.6) is 0 Å². The van der Waals surface area contributed by atoms with E-state index in [0.29, 0.717) is 22.2 Å². The maximum Gasteiger partial charge on any atom is 0.303 e. The summed E-state index contributed by atoms with van der Waals surface area (Å²) in [7, 11) is 0. The van der Waals surface area contributed by atoms with Gasteiger partial charge in [0.1, 0.15) is 23.4 Å². The third-order valence-corrected chi connectivity index (χ3v) is 3.67. The van der Waals surface area contributed by atoms with E-state index in [-0.39, 0.29) is 23.0 Å². The second kappa shape index (κ2) is 5.90.